The number of nitrogens with one attached hydrogen (secondary N) is 1. The number of rotatable bonds is 14. The molecular weight excluding hydrogens is 772 g/mol. The number of halogens is 1. The van der Waals surface area contributed by atoms with Crippen molar-refractivity contribution in [3.8, 4) is 11.5 Å². The maximum atomic E-state index is 14.2. The molecule has 274 valence electrons. The van der Waals surface area contributed by atoms with Crippen LogP contribution in [0.1, 0.15) is 35.2 Å². The Morgan fingerprint density at radius 3 is 2.26 bits per heavy atom. The van der Waals surface area contributed by atoms with E-state index in [1.165, 1.54) is 30.2 Å². The maximum Gasteiger partial charge on any atom is 0.285 e. The fourth-order valence-electron chi connectivity index (χ4n) is 5.39. The van der Waals surface area contributed by atoms with Gasteiger partial charge in [-0.3, -0.25) is 29.4 Å². The van der Waals surface area contributed by atoms with E-state index in [-0.39, 0.29) is 34.7 Å². The van der Waals surface area contributed by atoms with Crippen molar-refractivity contribution in [3.05, 3.63) is 176 Å². The van der Waals surface area contributed by atoms with E-state index in [4.69, 9.17) is 9.47 Å². The summed E-state index contributed by atoms with van der Waals surface area (Å²) in [5.74, 6) is -1.20. The number of benzene rings is 4. The molecule has 11 nitrogen and oxygen atoms in total. The molecule has 5 rings (SSSR count). The first-order valence-corrected chi connectivity index (χ1v) is 18.3. The van der Waals surface area contributed by atoms with Gasteiger partial charge in [-0.2, -0.15) is 4.99 Å². The van der Waals surface area contributed by atoms with E-state index in [1.54, 1.807) is 55.5 Å². The maximum absolute atomic E-state index is 14.2. The van der Waals surface area contributed by atoms with Gasteiger partial charge in [0.2, 0.25) is 5.91 Å². The number of hydrogen-bond donors (Lipinski definition) is 1. The van der Waals surface area contributed by atoms with E-state index in [2.05, 4.69) is 32.8 Å². The fourth-order valence-corrected chi connectivity index (χ4v) is 6.78. The first-order chi connectivity index (χ1) is 26.1. The Hall–Kier alpha value is -6.05. The number of hydrogen-bond acceptors (Lipinski definition) is 8. The van der Waals surface area contributed by atoms with E-state index in [0.717, 1.165) is 22.9 Å². The predicted octanol–water partition coefficient (Wildman–Crippen LogP) is 8.34. The number of nitrogens with zero attached hydrogens (tertiary/aromatic N) is 3. The number of ether oxygens (including phenoxy) is 2. The fraction of sp³-hybridized carbons (Fsp3) is 0.122. The summed E-state index contributed by atoms with van der Waals surface area (Å²) in [6, 6.07) is 28.0. The summed E-state index contributed by atoms with van der Waals surface area (Å²) in [7, 11) is 1.45. The van der Waals surface area contributed by atoms with Crippen LogP contribution in [0, 0.1) is 10.1 Å². The van der Waals surface area contributed by atoms with Crippen LogP contribution < -0.4 is 14.8 Å². The Morgan fingerprint density at radius 2 is 1.69 bits per heavy atom. The molecule has 3 amide bonds. The van der Waals surface area contributed by atoms with Crippen LogP contribution in [0.3, 0.4) is 0 Å². The van der Waals surface area contributed by atoms with Gasteiger partial charge < -0.3 is 14.8 Å². The van der Waals surface area contributed by atoms with Crippen LogP contribution in [0.25, 0.3) is 6.08 Å². The van der Waals surface area contributed by atoms with Crippen molar-refractivity contribution >= 4 is 62.3 Å². The number of nitro benzene ring substituents is 1. The predicted molar refractivity (Wildman–Crippen MR) is 214 cm³/mol. The summed E-state index contributed by atoms with van der Waals surface area (Å²) in [6.45, 7) is 5.56. The van der Waals surface area contributed by atoms with E-state index >= 15 is 0 Å². The molecule has 1 N–H and O–H groups in total. The van der Waals surface area contributed by atoms with Gasteiger partial charge in [0.15, 0.2) is 16.7 Å². The molecule has 0 saturated carbocycles. The van der Waals surface area contributed by atoms with Crippen molar-refractivity contribution in [3.63, 3.8) is 0 Å². The lowest BCUT2D eigenvalue weighted by Gasteiger charge is -2.28. The topological polar surface area (TPSA) is 140 Å². The van der Waals surface area contributed by atoms with Crippen LogP contribution in [0.15, 0.2) is 149 Å². The minimum atomic E-state index is -0.776. The highest BCUT2D eigenvalue weighted by molar-refractivity contribution is 9.10. The van der Waals surface area contributed by atoms with Gasteiger partial charge in [-0.05, 0) is 81.5 Å². The van der Waals surface area contributed by atoms with E-state index in [0.29, 0.717) is 32.8 Å². The van der Waals surface area contributed by atoms with Crippen molar-refractivity contribution in [2.45, 2.75) is 19.6 Å². The van der Waals surface area contributed by atoms with Crippen molar-refractivity contribution in [2.24, 2.45) is 4.99 Å². The molecule has 4 aromatic carbocycles. The molecule has 0 radical (unpaired) electrons. The molecule has 0 atom stereocenters. The molecule has 0 aliphatic carbocycles. The molecule has 1 aliphatic rings. The first kappa shape index (κ1) is 39.2. The number of non-ortho nitro benzene ring substituents is 1. The second-order valence-electron chi connectivity index (χ2n) is 11.6. The van der Waals surface area contributed by atoms with Gasteiger partial charge >= 0.3 is 0 Å². The zero-order valence-corrected chi connectivity index (χ0v) is 31.7. The van der Waals surface area contributed by atoms with E-state index < -0.39 is 22.8 Å². The zero-order valence-electron chi connectivity index (χ0n) is 29.3. The number of methoxy groups -OCH3 is 1. The van der Waals surface area contributed by atoms with Gasteiger partial charge in [-0.15, -0.1) is 0 Å². The van der Waals surface area contributed by atoms with E-state index in [1.807, 2.05) is 60.7 Å². The normalized spacial score (nSPS) is 14.0. The lowest BCUT2D eigenvalue weighted by atomic mass is 9.99. The smallest absolute Gasteiger partial charge is 0.285 e. The summed E-state index contributed by atoms with van der Waals surface area (Å²) < 4.78 is 12.0. The number of thioether (sulfide) groups is 1. The van der Waals surface area contributed by atoms with E-state index in [9.17, 15) is 24.5 Å². The van der Waals surface area contributed by atoms with Crippen molar-refractivity contribution in [1.82, 2.24) is 10.2 Å². The van der Waals surface area contributed by atoms with Crippen molar-refractivity contribution in [2.75, 3.05) is 12.9 Å². The van der Waals surface area contributed by atoms with Gasteiger partial charge in [0, 0.05) is 17.8 Å². The van der Waals surface area contributed by atoms with Crippen molar-refractivity contribution < 1.29 is 28.8 Å². The summed E-state index contributed by atoms with van der Waals surface area (Å²) in [6.07, 6.45) is 7.97. The molecule has 0 aromatic heterocycles. The summed E-state index contributed by atoms with van der Waals surface area (Å²) >= 11 is 4.48. The molecule has 13 heteroatoms. The second-order valence-corrected chi connectivity index (χ2v) is 13.4. The van der Waals surface area contributed by atoms with Gasteiger partial charge in [0.25, 0.3) is 17.5 Å². The second kappa shape index (κ2) is 18.6. The molecule has 0 bridgehead atoms. The third kappa shape index (κ3) is 9.68. The standard InChI is InChI=1S/C41H35BrN4O7S/c1-4-6-17-31(5-2)45-40(49)33(22-28-23-34(42)38(35(24-28)52-3)53-25-27-18-20-32(21-19-27)46(50)51)39(48)44-41(45)54-26-36(47)43-37(29-13-9-7-10-14-29)30-15-11-8-12-16-30/h4-24,37H,1,25-26H2,2-3H3,(H,43,47)/b17-6-,31-5+,33-22+. The minimum Gasteiger partial charge on any atom is -0.493 e. The average Bonchev–Trinajstić information content (AvgIpc) is 3.18. The van der Waals surface area contributed by atoms with Crippen LogP contribution >= 0.6 is 27.7 Å². The Balaban J connectivity index is 1.40. The third-order valence-corrected chi connectivity index (χ3v) is 9.53. The average molecular weight is 808 g/mol. The number of amides is 3. The SMILES string of the molecule is C=C/C=C\C(=C/C)N1C(=O)/C(=C/c2cc(Br)c(OCc3ccc([N+](=O)[O-])cc3)c(OC)c2)C(=O)N=C1SCC(=O)NC(c1ccccc1)c1ccccc1. The number of carbonyl (C=O) groups excluding carboxylic acids is 3. The molecule has 1 aliphatic heterocycles. The van der Waals surface area contributed by atoms with Crippen LogP contribution in [-0.2, 0) is 21.0 Å². The van der Waals surface area contributed by atoms with Crippen LogP contribution in [0.2, 0.25) is 0 Å². The van der Waals surface area contributed by atoms with Gasteiger partial charge in [0.05, 0.1) is 28.3 Å². The molecular formula is C41H35BrN4O7S. The Kier molecular flexibility index (Phi) is 13.5. The Morgan fingerprint density at radius 1 is 1.04 bits per heavy atom. The van der Waals surface area contributed by atoms with Crippen LogP contribution in [-0.4, -0.2) is 45.6 Å². The molecule has 1 heterocycles. The first-order valence-electron chi connectivity index (χ1n) is 16.5. The molecule has 4 aromatic rings. The lowest BCUT2D eigenvalue weighted by molar-refractivity contribution is -0.384. The summed E-state index contributed by atoms with van der Waals surface area (Å²) in [4.78, 5) is 57.2. The monoisotopic (exact) mass is 806 g/mol. The Bertz CT molecular complexity index is 2130. The highest BCUT2D eigenvalue weighted by atomic mass is 79.9. The lowest BCUT2D eigenvalue weighted by Crippen LogP contribution is -2.42. The van der Waals surface area contributed by atoms with Crippen molar-refractivity contribution in [1.29, 1.82) is 0 Å². The molecule has 0 saturated heterocycles. The van der Waals surface area contributed by atoms with Crippen LogP contribution in [0.5, 0.6) is 11.5 Å². The van der Waals surface area contributed by atoms with Gasteiger partial charge in [-0.1, -0.05) is 97.2 Å². The molecule has 0 unspecified atom stereocenters. The Labute approximate surface area is 325 Å². The molecule has 0 spiro atoms. The van der Waals surface area contributed by atoms with Gasteiger partial charge in [-0.25, -0.2) is 0 Å². The molecule has 54 heavy (non-hydrogen) atoms. The summed E-state index contributed by atoms with van der Waals surface area (Å²) in [5.41, 5.74) is 3.12. The highest BCUT2D eigenvalue weighted by Crippen LogP contribution is 2.38. The number of allylic oxidation sites excluding steroid dienone is 4. The number of carbonyl (C=O) groups is 3. The quantitative estimate of drug-likeness (QED) is 0.0441. The number of amidine groups is 1. The zero-order chi connectivity index (χ0) is 38.6. The largest absolute Gasteiger partial charge is 0.493 e. The van der Waals surface area contributed by atoms with Crippen LogP contribution in [0.4, 0.5) is 5.69 Å². The highest BCUT2D eigenvalue weighted by Gasteiger charge is 2.35. The third-order valence-electron chi connectivity index (χ3n) is 8.01. The minimum absolute atomic E-state index is 0.0325. The van der Waals surface area contributed by atoms with Gasteiger partial charge in [0.1, 0.15) is 12.2 Å². The number of aliphatic imine (C=N–C) groups is 1. The summed E-state index contributed by atoms with van der Waals surface area (Å²) in [5, 5.41) is 14.1. The number of nitro groups is 1. The molecule has 0 fully saturated rings.